The number of nitrogens with one attached hydrogen (secondary N) is 1. The summed E-state index contributed by atoms with van der Waals surface area (Å²) in [4.78, 5) is 0. The van der Waals surface area contributed by atoms with Crippen LogP contribution in [0.5, 0.6) is 0 Å². The maximum absolute atomic E-state index is 3.99. The van der Waals surface area contributed by atoms with E-state index >= 15 is 0 Å². The van der Waals surface area contributed by atoms with Gasteiger partial charge in [0.15, 0.2) is 5.65 Å². The summed E-state index contributed by atoms with van der Waals surface area (Å²) in [6, 6.07) is 2.01. The van der Waals surface area contributed by atoms with E-state index in [0.717, 1.165) is 22.3 Å². The molecule has 0 atom stereocenters. The zero-order valence-corrected chi connectivity index (χ0v) is 7.85. The monoisotopic (exact) mass is 182 g/mol. The average molecular weight is 182 g/mol. The van der Waals surface area contributed by atoms with Crippen LogP contribution in [0.15, 0.2) is 11.1 Å². The number of aromatic nitrogens is 4. The predicted molar refractivity (Wildman–Crippen MR) is 48.5 cm³/mol. The Labute approximate surface area is 74.4 Å². The van der Waals surface area contributed by atoms with E-state index in [2.05, 4.69) is 22.2 Å². The Morgan fingerprint density at radius 3 is 3.08 bits per heavy atom. The van der Waals surface area contributed by atoms with E-state index in [9.17, 15) is 0 Å². The van der Waals surface area contributed by atoms with Crippen molar-refractivity contribution < 1.29 is 0 Å². The van der Waals surface area contributed by atoms with E-state index in [1.54, 1.807) is 11.8 Å². The molecule has 0 aromatic carbocycles. The summed E-state index contributed by atoms with van der Waals surface area (Å²) in [6.45, 7) is 4.05. The van der Waals surface area contributed by atoms with Crippen LogP contribution in [0, 0.1) is 6.92 Å². The largest absolute Gasteiger partial charge is 0.285 e. The molecule has 0 aliphatic carbocycles. The number of thioether (sulfide) groups is 1. The molecule has 0 aliphatic heterocycles. The van der Waals surface area contributed by atoms with Crippen LogP contribution >= 0.6 is 11.8 Å². The maximum atomic E-state index is 3.99. The topological polar surface area (TPSA) is 46.0 Å². The minimum Gasteiger partial charge on any atom is -0.285 e. The van der Waals surface area contributed by atoms with E-state index in [4.69, 9.17) is 0 Å². The molecule has 2 aromatic heterocycles. The third kappa shape index (κ3) is 1.10. The summed E-state index contributed by atoms with van der Waals surface area (Å²) in [5, 5.41) is 12.3. The Balaban J connectivity index is 2.48. The standard InChI is InChI=1S/C7H10N4S/c1-3-12-7-4-6-9-8-5(2)11(6)10-7/h4,10H,3H2,1-2H3. The molecule has 1 N–H and O–H groups in total. The first-order valence-corrected chi connectivity index (χ1v) is 4.83. The first-order valence-electron chi connectivity index (χ1n) is 3.85. The molecule has 0 radical (unpaired) electrons. The molecule has 64 valence electrons. The Hall–Kier alpha value is -0.970. The molecule has 2 rings (SSSR count). The lowest BCUT2D eigenvalue weighted by Gasteiger charge is -1.90. The van der Waals surface area contributed by atoms with Gasteiger partial charge >= 0.3 is 0 Å². The van der Waals surface area contributed by atoms with Gasteiger partial charge < -0.3 is 0 Å². The molecule has 0 saturated carbocycles. The van der Waals surface area contributed by atoms with E-state index < -0.39 is 0 Å². The molecule has 12 heavy (non-hydrogen) atoms. The van der Waals surface area contributed by atoms with Gasteiger partial charge in [-0.25, -0.2) is 4.52 Å². The van der Waals surface area contributed by atoms with Crippen LogP contribution in [0.25, 0.3) is 5.65 Å². The molecule has 0 fully saturated rings. The molecule has 2 aromatic rings. The van der Waals surface area contributed by atoms with Crippen molar-refractivity contribution in [2.45, 2.75) is 18.9 Å². The lowest BCUT2D eigenvalue weighted by Crippen LogP contribution is -1.87. The molecule has 5 heteroatoms. The fraction of sp³-hybridized carbons (Fsp3) is 0.429. The number of H-pyrrole nitrogens is 1. The van der Waals surface area contributed by atoms with Crippen molar-refractivity contribution in [1.29, 1.82) is 0 Å². The lowest BCUT2D eigenvalue weighted by atomic mass is 10.7. The van der Waals surface area contributed by atoms with Gasteiger partial charge in [0.25, 0.3) is 0 Å². The molecular formula is C7H10N4S. The van der Waals surface area contributed by atoms with Gasteiger partial charge in [0.1, 0.15) is 5.82 Å². The van der Waals surface area contributed by atoms with Crippen molar-refractivity contribution in [3.63, 3.8) is 0 Å². The normalized spacial score (nSPS) is 11.2. The van der Waals surface area contributed by atoms with Gasteiger partial charge in [-0.2, -0.15) is 0 Å². The van der Waals surface area contributed by atoms with Crippen LogP contribution < -0.4 is 0 Å². The van der Waals surface area contributed by atoms with E-state index in [-0.39, 0.29) is 0 Å². The molecule has 0 amide bonds. The minimum absolute atomic E-state index is 0.892. The van der Waals surface area contributed by atoms with Gasteiger partial charge in [-0.05, 0) is 12.7 Å². The molecular weight excluding hydrogens is 172 g/mol. The Morgan fingerprint density at radius 2 is 2.42 bits per heavy atom. The molecule has 0 aliphatic rings. The SMILES string of the molecule is CCSc1cc2nnc(C)n2[nH]1. The molecule has 2 heterocycles. The zero-order valence-electron chi connectivity index (χ0n) is 7.03. The van der Waals surface area contributed by atoms with Crippen LogP contribution in [0.2, 0.25) is 0 Å². The van der Waals surface area contributed by atoms with Crippen molar-refractivity contribution in [1.82, 2.24) is 19.8 Å². The molecule has 0 spiro atoms. The first-order chi connectivity index (χ1) is 5.81. The van der Waals surface area contributed by atoms with Crippen molar-refractivity contribution in [2.75, 3.05) is 5.75 Å². The van der Waals surface area contributed by atoms with Crippen molar-refractivity contribution >= 4 is 17.4 Å². The zero-order chi connectivity index (χ0) is 8.55. The fourth-order valence-electron chi connectivity index (χ4n) is 1.10. The number of rotatable bonds is 2. The highest BCUT2D eigenvalue weighted by Gasteiger charge is 2.04. The number of hydrogen-bond donors (Lipinski definition) is 1. The van der Waals surface area contributed by atoms with E-state index in [1.807, 2.05) is 17.5 Å². The van der Waals surface area contributed by atoms with Gasteiger partial charge in [0.05, 0.1) is 5.03 Å². The van der Waals surface area contributed by atoms with Crippen LogP contribution in [0.1, 0.15) is 12.7 Å². The van der Waals surface area contributed by atoms with E-state index in [1.165, 1.54) is 0 Å². The second kappa shape index (κ2) is 2.82. The van der Waals surface area contributed by atoms with Crippen molar-refractivity contribution in [3.05, 3.63) is 11.9 Å². The lowest BCUT2D eigenvalue weighted by molar-refractivity contribution is 0.850. The summed E-state index contributed by atoms with van der Waals surface area (Å²) < 4.78 is 1.89. The summed E-state index contributed by atoms with van der Waals surface area (Å²) in [5.41, 5.74) is 0.892. The quantitative estimate of drug-likeness (QED) is 0.715. The first kappa shape index (κ1) is 7.67. The highest BCUT2D eigenvalue weighted by Crippen LogP contribution is 2.16. The smallest absolute Gasteiger partial charge is 0.178 e. The molecule has 0 saturated heterocycles. The average Bonchev–Trinajstić information content (AvgIpc) is 2.55. The number of fused-ring (bicyclic) bond motifs is 1. The van der Waals surface area contributed by atoms with Gasteiger partial charge in [-0.1, -0.05) is 6.92 Å². The van der Waals surface area contributed by atoms with Crippen LogP contribution in [0.3, 0.4) is 0 Å². The molecule has 0 bridgehead atoms. The second-order valence-electron chi connectivity index (χ2n) is 2.49. The number of nitrogens with zero attached hydrogens (tertiary/aromatic N) is 3. The highest BCUT2D eigenvalue weighted by molar-refractivity contribution is 7.99. The second-order valence-corrected chi connectivity index (χ2v) is 3.80. The number of aryl methyl sites for hydroxylation is 1. The van der Waals surface area contributed by atoms with E-state index in [0.29, 0.717) is 0 Å². The maximum Gasteiger partial charge on any atom is 0.178 e. The van der Waals surface area contributed by atoms with Crippen LogP contribution in [-0.2, 0) is 0 Å². The number of aromatic amines is 1. The van der Waals surface area contributed by atoms with Crippen molar-refractivity contribution in [3.8, 4) is 0 Å². The van der Waals surface area contributed by atoms with Gasteiger partial charge in [-0.15, -0.1) is 22.0 Å². The highest BCUT2D eigenvalue weighted by atomic mass is 32.2. The summed E-state index contributed by atoms with van der Waals surface area (Å²) in [5.74, 6) is 1.96. The Bertz CT molecular complexity index is 389. The van der Waals surface area contributed by atoms with Crippen LogP contribution in [-0.4, -0.2) is 25.6 Å². The summed E-state index contributed by atoms with van der Waals surface area (Å²) in [6.07, 6.45) is 0. The Morgan fingerprint density at radius 1 is 1.58 bits per heavy atom. The molecule has 4 nitrogen and oxygen atoms in total. The fourth-order valence-corrected chi connectivity index (χ4v) is 1.76. The summed E-state index contributed by atoms with van der Waals surface area (Å²) >= 11 is 1.77. The summed E-state index contributed by atoms with van der Waals surface area (Å²) in [7, 11) is 0. The third-order valence-electron chi connectivity index (χ3n) is 1.63. The van der Waals surface area contributed by atoms with Gasteiger partial charge in [0, 0.05) is 6.07 Å². The Kier molecular flexibility index (Phi) is 1.80. The molecule has 0 unspecified atom stereocenters. The van der Waals surface area contributed by atoms with Crippen molar-refractivity contribution in [2.24, 2.45) is 0 Å². The van der Waals surface area contributed by atoms with Gasteiger partial charge in [-0.3, -0.25) is 5.10 Å². The third-order valence-corrected chi connectivity index (χ3v) is 2.44. The predicted octanol–water partition coefficient (Wildman–Crippen LogP) is 1.48. The minimum atomic E-state index is 0.892. The van der Waals surface area contributed by atoms with Crippen LogP contribution in [0.4, 0.5) is 0 Å². The number of hydrogen-bond acceptors (Lipinski definition) is 3. The van der Waals surface area contributed by atoms with Gasteiger partial charge in [0.2, 0.25) is 0 Å².